The zero-order valence-corrected chi connectivity index (χ0v) is 13.0. The maximum atomic E-state index is 10.4. The van der Waals surface area contributed by atoms with Crippen LogP contribution in [0.25, 0.3) is 0 Å². The van der Waals surface area contributed by atoms with Gasteiger partial charge in [0.25, 0.3) is 0 Å². The van der Waals surface area contributed by atoms with Crippen molar-refractivity contribution in [3.63, 3.8) is 0 Å². The Labute approximate surface area is 127 Å². The number of hydrogen-bond acceptors (Lipinski definition) is 2. The van der Waals surface area contributed by atoms with Crippen molar-refractivity contribution in [1.82, 2.24) is 0 Å². The van der Waals surface area contributed by atoms with Crippen molar-refractivity contribution in [1.29, 1.82) is 0 Å². The van der Waals surface area contributed by atoms with E-state index in [4.69, 9.17) is 0 Å². The van der Waals surface area contributed by atoms with Gasteiger partial charge in [0, 0.05) is 0 Å². The summed E-state index contributed by atoms with van der Waals surface area (Å²) in [6.07, 6.45) is 5.64. The topological polar surface area (TPSA) is 40.5 Å². The Kier molecular flexibility index (Phi) is 2.91. The van der Waals surface area contributed by atoms with Crippen molar-refractivity contribution < 1.29 is 10.2 Å². The van der Waals surface area contributed by atoms with Gasteiger partial charge in [-0.1, -0.05) is 19.9 Å². The second-order valence-corrected chi connectivity index (χ2v) is 7.96. The Balaban J connectivity index is 1.75. The summed E-state index contributed by atoms with van der Waals surface area (Å²) in [4.78, 5) is 0. The Hall–Kier alpha value is -1.02. The van der Waals surface area contributed by atoms with E-state index in [2.05, 4.69) is 19.9 Å². The van der Waals surface area contributed by atoms with Crippen LogP contribution in [-0.2, 0) is 0 Å². The van der Waals surface area contributed by atoms with Crippen LogP contribution in [0.4, 0.5) is 0 Å². The predicted octanol–water partition coefficient (Wildman–Crippen LogP) is 4.17. The Morgan fingerprint density at radius 3 is 2.76 bits per heavy atom. The normalized spacial score (nSPS) is 44.8. The molecule has 2 heteroatoms. The summed E-state index contributed by atoms with van der Waals surface area (Å²) in [7, 11) is 0. The number of benzene rings is 1. The molecule has 1 aromatic rings. The minimum absolute atomic E-state index is 0.0972. The quantitative estimate of drug-likeness (QED) is 0.751. The number of phenolic OH excluding ortho intramolecular Hbond substituents is 1. The zero-order chi connectivity index (χ0) is 14.8. The molecule has 2 nitrogen and oxygen atoms in total. The Morgan fingerprint density at radius 2 is 1.95 bits per heavy atom. The van der Waals surface area contributed by atoms with Gasteiger partial charge in [-0.25, -0.2) is 0 Å². The third kappa shape index (κ3) is 1.81. The zero-order valence-electron chi connectivity index (χ0n) is 13.0. The van der Waals surface area contributed by atoms with Crippen LogP contribution in [0.15, 0.2) is 18.2 Å². The van der Waals surface area contributed by atoms with E-state index in [1.807, 2.05) is 12.1 Å². The maximum absolute atomic E-state index is 10.4. The fourth-order valence-corrected chi connectivity index (χ4v) is 5.84. The minimum Gasteiger partial charge on any atom is -0.508 e. The van der Waals surface area contributed by atoms with E-state index in [9.17, 15) is 10.2 Å². The van der Waals surface area contributed by atoms with E-state index >= 15 is 0 Å². The smallest absolute Gasteiger partial charge is 0.115 e. The van der Waals surface area contributed by atoms with Gasteiger partial charge in [-0.2, -0.15) is 0 Å². The van der Waals surface area contributed by atoms with Crippen molar-refractivity contribution in [3.05, 3.63) is 29.3 Å². The first kappa shape index (κ1) is 13.6. The molecular weight excluding hydrogens is 260 g/mol. The molecule has 0 radical (unpaired) electrons. The lowest BCUT2D eigenvalue weighted by molar-refractivity contribution is -0.0245. The number of hydrogen-bond donors (Lipinski definition) is 2. The van der Waals surface area contributed by atoms with Crippen molar-refractivity contribution in [2.45, 2.75) is 63.9 Å². The Bertz CT molecular complexity index is 567. The number of aromatic hydroxyl groups is 1. The summed E-state index contributed by atoms with van der Waals surface area (Å²) in [5.41, 5.74) is 2.98. The second kappa shape index (κ2) is 4.49. The average Bonchev–Trinajstić information content (AvgIpc) is 2.76. The molecular formula is C19H26O2. The number of fused-ring (bicyclic) bond motifs is 5. The van der Waals surface area contributed by atoms with Crippen LogP contribution in [0.2, 0.25) is 0 Å². The van der Waals surface area contributed by atoms with Crippen molar-refractivity contribution >= 4 is 0 Å². The van der Waals surface area contributed by atoms with Crippen LogP contribution in [0.3, 0.4) is 0 Å². The van der Waals surface area contributed by atoms with Crippen molar-refractivity contribution in [2.75, 3.05) is 0 Å². The first-order valence-corrected chi connectivity index (χ1v) is 8.51. The molecule has 3 aliphatic rings. The van der Waals surface area contributed by atoms with E-state index in [1.165, 1.54) is 30.4 Å². The van der Waals surface area contributed by atoms with Gasteiger partial charge >= 0.3 is 0 Å². The molecule has 2 fully saturated rings. The SMILES string of the molecule is C[C@H]1C[C@@H]2C(CC[C@]3(C)C(O)CCC23)c2ccc(O)cc21. The molecule has 0 saturated heterocycles. The van der Waals surface area contributed by atoms with E-state index in [0.717, 1.165) is 12.8 Å². The third-order valence-electron chi connectivity index (χ3n) is 7.01. The standard InChI is InChI=1S/C19H26O2/c1-11-9-16-14(13-4-3-12(20)10-15(11)13)7-8-19(2)17(16)5-6-18(19)21/h3-4,10-11,14,16-18,20-21H,5-9H2,1-2H3/t11-,14?,16+,17?,18?,19-/m0/s1. The number of aliphatic hydroxyl groups is 1. The highest BCUT2D eigenvalue weighted by Crippen LogP contribution is 2.62. The van der Waals surface area contributed by atoms with Crippen molar-refractivity contribution in [2.24, 2.45) is 17.3 Å². The molecule has 1 aromatic carbocycles. The molecule has 3 unspecified atom stereocenters. The average molecular weight is 286 g/mol. The van der Waals surface area contributed by atoms with Gasteiger partial charge in [0.15, 0.2) is 0 Å². The summed E-state index contributed by atoms with van der Waals surface area (Å²) < 4.78 is 0. The van der Waals surface area contributed by atoms with E-state index in [0.29, 0.717) is 29.4 Å². The monoisotopic (exact) mass is 286 g/mol. The summed E-state index contributed by atoms with van der Waals surface area (Å²) >= 11 is 0. The largest absolute Gasteiger partial charge is 0.508 e. The molecule has 6 atom stereocenters. The lowest BCUT2D eigenvalue weighted by Crippen LogP contribution is -2.44. The van der Waals surface area contributed by atoms with Crippen LogP contribution in [-0.4, -0.2) is 16.3 Å². The van der Waals surface area contributed by atoms with Gasteiger partial charge in [-0.3, -0.25) is 0 Å². The van der Waals surface area contributed by atoms with Crippen LogP contribution in [0, 0.1) is 17.3 Å². The molecule has 2 saturated carbocycles. The molecule has 21 heavy (non-hydrogen) atoms. The predicted molar refractivity (Wildman–Crippen MR) is 83.4 cm³/mol. The highest BCUT2D eigenvalue weighted by Gasteiger charge is 2.54. The molecule has 0 aliphatic heterocycles. The first-order chi connectivity index (χ1) is 10.0. The summed E-state index contributed by atoms with van der Waals surface area (Å²) in [5.74, 6) is 2.95. The molecule has 114 valence electrons. The molecule has 3 aliphatic carbocycles. The summed E-state index contributed by atoms with van der Waals surface area (Å²) in [6, 6.07) is 5.99. The van der Waals surface area contributed by atoms with Gasteiger partial charge in [-0.15, -0.1) is 0 Å². The number of phenols is 1. The van der Waals surface area contributed by atoms with E-state index in [1.54, 1.807) is 0 Å². The molecule has 2 N–H and O–H groups in total. The molecule has 0 spiro atoms. The summed E-state index contributed by atoms with van der Waals surface area (Å²) in [5, 5.41) is 20.2. The molecule has 0 bridgehead atoms. The van der Waals surface area contributed by atoms with Crippen LogP contribution < -0.4 is 0 Å². The van der Waals surface area contributed by atoms with E-state index in [-0.39, 0.29) is 11.5 Å². The summed E-state index contributed by atoms with van der Waals surface area (Å²) in [6.45, 7) is 4.62. The van der Waals surface area contributed by atoms with Crippen LogP contribution >= 0.6 is 0 Å². The van der Waals surface area contributed by atoms with Gasteiger partial charge < -0.3 is 10.2 Å². The van der Waals surface area contributed by atoms with Gasteiger partial charge in [0.05, 0.1) is 6.10 Å². The van der Waals surface area contributed by atoms with Crippen LogP contribution in [0.5, 0.6) is 5.75 Å². The molecule has 0 amide bonds. The highest BCUT2D eigenvalue weighted by atomic mass is 16.3. The lowest BCUT2D eigenvalue weighted by Gasteiger charge is -2.51. The minimum atomic E-state index is -0.0972. The third-order valence-corrected chi connectivity index (χ3v) is 7.01. The van der Waals surface area contributed by atoms with Crippen LogP contribution in [0.1, 0.15) is 68.9 Å². The first-order valence-electron chi connectivity index (χ1n) is 8.51. The fraction of sp³-hybridized carbons (Fsp3) is 0.684. The van der Waals surface area contributed by atoms with Gasteiger partial charge in [0.1, 0.15) is 5.75 Å². The fourth-order valence-electron chi connectivity index (χ4n) is 5.84. The number of aliphatic hydroxyl groups excluding tert-OH is 1. The second-order valence-electron chi connectivity index (χ2n) is 7.96. The number of rotatable bonds is 0. The maximum Gasteiger partial charge on any atom is 0.115 e. The van der Waals surface area contributed by atoms with Gasteiger partial charge in [0.2, 0.25) is 0 Å². The molecule has 0 aromatic heterocycles. The lowest BCUT2D eigenvalue weighted by atomic mass is 9.54. The molecule has 4 rings (SSSR count). The van der Waals surface area contributed by atoms with Gasteiger partial charge in [-0.05, 0) is 84.5 Å². The highest BCUT2D eigenvalue weighted by molar-refractivity contribution is 5.42. The molecule has 0 heterocycles. The van der Waals surface area contributed by atoms with E-state index < -0.39 is 0 Å². The van der Waals surface area contributed by atoms with Crippen molar-refractivity contribution in [3.8, 4) is 5.75 Å². The Morgan fingerprint density at radius 1 is 1.14 bits per heavy atom.